The summed E-state index contributed by atoms with van der Waals surface area (Å²) in [5.41, 5.74) is 0.109. The first kappa shape index (κ1) is 14.9. The summed E-state index contributed by atoms with van der Waals surface area (Å²) in [5, 5.41) is 0. The molecular formula is C12H26O2S. The van der Waals surface area contributed by atoms with Crippen LogP contribution < -0.4 is 0 Å². The summed E-state index contributed by atoms with van der Waals surface area (Å²) in [6, 6.07) is 0. The van der Waals surface area contributed by atoms with Crippen molar-refractivity contribution >= 4 is 9.84 Å². The topological polar surface area (TPSA) is 34.1 Å². The Morgan fingerprint density at radius 1 is 0.867 bits per heavy atom. The molecule has 0 fully saturated rings. The van der Waals surface area contributed by atoms with Crippen molar-refractivity contribution in [1.82, 2.24) is 0 Å². The zero-order valence-corrected chi connectivity index (χ0v) is 11.9. The fourth-order valence-electron chi connectivity index (χ4n) is 1.55. The zero-order chi connectivity index (χ0) is 12.3. The molecule has 0 aromatic carbocycles. The van der Waals surface area contributed by atoms with E-state index in [1.807, 2.05) is 20.8 Å². The van der Waals surface area contributed by atoms with Crippen molar-refractivity contribution in [3.05, 3.63) is 0 Å². The van der Waals surface area contributed by atoms with Crippen molar-refractivity contribution in [1.29, 1.82) is 0 Å². The van der Waals surface area contributed by atoms with E-state index in [0.29, 0.717) is 11.5 Å². The Labute approximate surface area is 95.4 Å². The van der Waals surface area contributed by atoms with Gasteiger partial charge in [0.05, 0.1) is 11.5 Å². The van der Waals surface area contributed by atoms with Crippen LogP contribution >= 0.6 is 0 Å². The summed E-state index contributed by atoms with van der Waals surface area (Å²) in [6.45, 7) is 12.3. The van der Waals surface area contributed by atoms with E-state index in [1.165, 1.54) is 0 Å². The maximum absolute atomic E-state index is 11.7. The molecular weight excluding hydrogens is 208 g/mol. The van der Waals surface area contributed by atoms with Crippen LogP contribution in [0, 0.1) is 10.8 Å². The molecule has 3 heteroatoms. The first-order chi connectivity index (χ1) is 6.41. The van der Waals surface area contributed by atoms with Gasteiger partial charge in [0.2, 0.25) is 0 Å². The Morgan fingerprint density at radius 2 is 1.33 bits per heavy atom. The van der Waals surface area contributed by atoms with Crippen LogP contribution in [0.4, 0.5) is 0 Å². The van der Waals surface area contributed by atoms with Crippen LogP contribution in [0.3, 0.4) is 0 Å². The summed E-state index contributed by atoms with van der Waals surface area (Å²) in [5.74, 6) is 0.631. The van der Waals surface area contributed by atoms with Crippen LogP contribution in [0.25, 0.3) is 0 Å². The van der Waals surface area contributed by atoms with Gasteiger partial charge in [-0.1, -0.05) is 41.5 Å². The Balaban J connectivity index is 4.08. The van der Waals surface area contributed by atoms with Crippen molar-refractivity contribution in [3.8, 4) is 0 Å². The number of hydrogen-bond donors (Lipinski definition) is 0. The second-order valence-electron chi connectivity index (χ2n) is 6.82. The molecule has 0 aliphatic heterocycles. The molecule has 0 N–H and O–H groups in total. The second-order valence-corrected chi connectivity index (χ2v) is 9.00. The third kappa shape index (κ3) is 10.2. The highest BCUT2D eigenvalue weighted by atomic mass is 32.2. The van der Waals surface area contributed by atoms with Crippen LogP contribution in [0.2, 0.25) is 0 Å². The van der Waals surface area contributed by atoms with Gasteiger partial charge in [-0.05, 0) is 23.7 Å². The van der Waals surface area contributed by atoms with Gasteiger partial charge in [-0.2, -0.15) is 0 Å². The SMILES string of the molecule is CC(C)(C)CCCS(=O)(=O)CC(C)(C)C. The standard InChI is InChI=1S/C12H26O2S/c1-11(2,3)8-7-9-15(13,14)10-12(4,5)6/h7-10H2,1-6H3. The largest absolute Gasteiger partial charge is 0.229 e. The molecule has 0 aromatic heterocycles. The number of sulfone groups is 1. The lowest BCUT2D eigenvalue weighted by Gasteiger charge is -2.20. The molecule has 0 aliphatic rings. The van der Waals surface area contributed by atoms with Crippen LogP contribution in [-0.2, 0) is 9.84 Å². The van der Waals surface area contributed by atoms with Crippen molar-refractivity contribution in [2.75, 3.05) is 11.5 Å². The molecule has 0 unspecified atom stereocenters. The highest BCUT2D eigenvalue weighted by Gasteiger charge is 2.22. The summed E-state index contributed by atoms with van der Waals surface area (Å²) in [7, 11) is -2.86. The minimum Gasteiger partial charge on any atom is -0.229 e. The normalized spacial score (nSPS) is 14.3. The summed E-state index contributed by atoms with van der Waals surface area (Å²) in [4.78, 5) is 0. The minimum atomic E-state index is -2.86. The fraction of sp³-hybridized carbons (Fsp3) is 1.00. The fourth-order valence-corrected chi connectivity index (χ4v) is 3.60. The zero-order valence-electron chi connectivity index (χ0n) is 11.1. The van der Waals surface area contributed by atoms with Gasteiger partial charge in [-0.3, -0.25) is 0 Å². The van der Waals surface area contributed by atoms with Crippen molar-refractivity contribution < 1.29 is 8.42 Å². The van der Waals surface area contributed by atoms with Gasteiger partial charge < -0.3 is 0 Å². The molecule has 0 radical (unpaired) electrons. The van der Waals surface area contributed by atoms with E-state index in [9.17, 15) is 8.42 Å². The minimum absolute atomic E-state index is 0.124. The predicted molar refractivity (Wildman–Crippen MR) is 66.8 cm³/mol. The number of rotatable bonds is 4. The lowest BCUT2D eigenvalue weighted by Crippen LogP contribution is -2.23. The summed E-state index contributed by atoms with van der Waals surface area (Å²) in [6.07, 6.45) is 1.75. The van der Waals surface area contributed by atoms with E-state index in [2.05, 4.69) is 20.8 Å². The lowest BCUT2D eigenvalue weighted by molar-refractivity contribution is 0.373. The van der Waals surface area contributed by atoms with Gasteiger partial charge >= 0.3 is 0 Å². The van der Waals surface area contributed by atoms with Gasteiger partial charge in [0.25, 0.3) is 0 Å². The predicted octanol–water partition coefficient (Wildman–Crippen LogP) is 3.27. The van der Waals surface area contributed by atoms with E-state index in [-0.39, 0.29) is 10.8 Å². The Kier molecular flexibility index (Phi) is 4.84. The Hall–Kier alpha value is -0.0500. The maximum Gasteiger partial charge on any atom is 0.150 e. The molecule has 0 saturated heterocycles. The van der Waals surface area contributed by atoms with Crippen LogP contribution in [-0.4, -0.2) is 19.9 Å². The van der Waals surface area contributed by atoms with Crippen LogP contribution in [0.1, 0.15) is 54.4 Å². The summed E-state index contributed by atoms with van der Waals surface area (Å²) < 4.78 is 23.5. The highest BCUT2D eigenvalue weighted by molar-refractivity contribution is 7.91. The first-order valence-electron chi connectivity index (χ1n) is 5.62. The van der Waals surface area contributed by atoms with Gasteiger partial charge in [0.15, 0.2) is 9.84 Å². The van der Waals surface area contributed by atoms with Crippen molar-refractivity contribution in [2.24, 2.45) is 10.8 Å². The maximum atomic E-state index is 11.7. The van der Waals surface area contributed by atoms with Crippen molar-refractivity contribution in [3.63, 3.8) is 0 Å². The lowest BCUT2D eigenvalue weighted by atomic mass is 9.91. The molecule has 15 heavy (non-hydrogen) atoms. The molecule has 0 rings (SSSR count). The van der Waals surface area contributed by atoms with Gasteiger partial charge in [-0.25, -0.2) is 8.42 Å². The molecule has 92 valence electrons. The molecule has 0 aromatic rings. The van der Waals surface area contributed by atoms with Crippen LogP contribution in [0.15, 0.2) is 0 Å². The van der Waals surface area contributed by atoms with E-state index >= 15 is 0 Å². The molecule has 0 amide bonds. The van der Waals surface area contributed by atoms with E-state index in [4.69, 9.17) is 0 Å². The Morgan fingerprint density at radius 3 is 1.67 bits per heavy atom. The van der Waals surface area contributed by atoms with Crippen molar-refractivity contribution in [2.45, 2.75) is 54.4 Å². The smallest absolute Gasteiger partial charge is 0.150 e. The number of hydrogen-bond acceptors (Lipinski definition) is 2. The monoisotopic (exact) mass is 234 g/mol. The summed E-state index contributed by atoms with van der Waals surface area (Å²) >= 11 is 0. The van der Waals surface area contributed by atoms with Gasteiger partial charge in [-0.15, -0.1) is 0 Å². The van der Waals surface area contributed by atoms with Crippen LogP contribution in [0.5, 0.6) is 0 Å². The molecule has 0 aliphatic carbocycles. The molecule has 0 saturated carbocycles. The average molecular weight is 234 g/mol. The third-order valence-corrected chi connectivity index (χ3v) is 4.25. The molecule has 0 bridgehead atoms. The van der Waals surface area contributed by atoms with E-state index < -0.39 is 9.84 Å². The van der Waals surface area contributed by atoms with Gasteiger partial charge in [0, 0.05) is 0 Å². The molecule has 0 heterocycles. The Bertz CT molecular complexity index is 276. The molecule has 2 nitrogen and oxygen atoms in total. The highest BCUT2D eigenvalue weighted by Crippen LogP contribution is 2.22. The third-order valence-electron chi connectivity index (χ3n) is 2.04. The quantitative estimate of drug-likeness (QED) is 0.748. The van der Waals surface area contributed by atoms with E-state index in [0.717, 1.165) is 12.8 Å². The van der Waals surface area contributed by atoms with Gasteiger partial charge in [0.1, 0.15) is 0 Å². The first-order valence-corrected chi connectivity index (χ1v) is 7.44. The molecule has 0 spiro atoms. The van der Waals surface area contributed by atoms with E-state index in [1.54, 1.807) is 0 Å². The second kappa shape index (κ2) is 4.86. The average Bonchev–Trinajstić information content (AvgIpc) is 1.75. The molecule has 0 atom stereocenters.